The summed E-state index contributed by atoms with van der Waals surface area (Å²) in [5.41, 5.74) is 1.52. The fourth-order valence-electron chi connectivity index (χ4n) is 2.07. The van der Waals surface area contributed by atoms with Gasteiger partial charge in [-0.15, -0.1) is 0 Å². The van der Waals surface area contributed by atoms with Crippen molar-refractivity contribution in [3.63, 3.8) is 0 Å². The van der Waals surface area contributed by atoms with Gasteiger partial charge in [-0.05, 0) is 24.6 Å². The lowest BCUT2D eigenvalue weighted by Gasteiger charge is -2.27. The summed E-state index contributed by atoms with van der Waals surface area (Å²) < 4.78 is 5.51. The van der Waals surface area contributed by atoms with Crippen LogP contribution in [-0.2, 0) is 4.79 Å². The Morgan fingerprint density at radius 2 is 2.16 bits per heavy atom. The molecule has 0 saturated heterocycles. The molecular formula is C14H17NO4. The zero-order valence-corrected chi connectivity index (χ0v) is 10.9. The van der Waals surface area contributed by atoms with Gasteiger partial charge in [0, 0.05) is 25.5 Å². The number of carboxylic acids is 1. The molecule has 0 atom stereocenters. The first kappa shape index (κ1) is 13.4. The van der Waals surface area contributed by atoms with Gasteiger partial charge in [-0.3, -0.25) is 9.59 Å². The molecule has 0 fully saturated rings. The number of carboxylic acid groups (broad SMARTS) is 1. The van der Waals surface area contributed by atoms with Crippen LogP contribution in [0.25, 0.3) is 0 Å². The van der Waals surface area contributed by atoms with Crippen molar-refractivity contribution in [1.82, 2.24) is 0 Å². The molecule has 1 heterocycles. The molecule has 1 aliphatic rings. The number of hydrogen-bond acceptors (Lipinski definition) is 4. The van der Waals surface area contributed by atoms with Crippen LogP contribution in [0.3, 0.4) is 0 Å². The van der Waals surface area contributed by atoms with Crippen LogP contribution in [0.2, 0.25) is 0 Å². The van der Waals surface area contributed by atoms with E-state index in [-0.39, 0.29) is 18.6 Å². The standard InChI is InChI=1S/C14H17NO4/c1-15-7-8-19-13-6-5-10(9-11(13)15)12(16)3-2-4-14(17)18/h5-6,9H,2-4,7-8H2,1H3,(H,17,18). The zero-order valence-electron chi connectivity index (χ0n) is 10.9. The normalized spacial score (nSPS) is 13.6. The average molecular weight is 263 g/mol. The molecule has 5 nitrogen and oxygen atoms in total. The fraction of sp³-hybridized carbons (Fsp3) is 0.429. The van der Waals surface area contributed by atoms with Crippen molar-refractivity contribution in [2.24, 2.45) is 0 Å². The van der Waals surface area contributed by atoms with Crippen molar-refractivity contribution >= 4 is 17.4 Å². The minimum atomic E-state index is -0.869. The Bertz CT molecular complexity index is 498. The number of nitrogens with zero attached hydrogens (tertiary/aromatic N) is 1. The van der Waals surface area contributed by atoms with Crippen molar-refractivity contribution < 1.29 is 19.4 Å². The molecule has 5 heteroatoms. The third kappa shape index (κ3) is 3.24. The lowest BCUT2D eigenvalue weighted by Crippen LogP contribution is -2.28. The predicted molar refractivity (Wildman–Crippen MR) is 71.0 cm³/mol. The van der Waals surface area contributed by atoms with Crippen molar-refractivity contribution in [2.75, 3.05) is 25.1 Å². The lowest BCUT2D eigenvalue weighted by molar-refractivity contribution is -0.137. The largest absolute Gasteiger partial charge is 0.490 e. The molecule has 0 aromatic heterocycles. The maximum atomic E-state index is 12.0. The van der Waals surface area contributed by atoms with Crippen LogP contribution in [0.5, 0.6) is 5.75 Å². The summed E-state index contributed by atoms with van der Waals surface area (Å²) in [5, 5.41) is 8.56. The number of aliphatic carboxylic acids is 1. The molecule has 0 unspecified atom stereocenters. The summed E-state index contributed by atoms with van der Waals surface area (Å²) >= 11 is 0. The minimum absolute atomic E-state index is 0.0250. The number of rotatable bonds is 5. The Labute approximate surface area is 111 Å². The average Bonchev–Trinajstić information content (AvgIpc) is 2.38. The number of carbonyl (C=O) groups is 2. The van der Waals surface area contributed by atoms with E-state index in [9.17, 15) is 9.59 Å². The second-order valence-electron chi connectivity index (χ2n) is 4.62. The molecule has 0 aliphatic carbocycles. The third-order valence-corrected chi connectivity index (χ3v) is 3.17. The van der Waals surface area contributed by atoms with Gasteiger partial charge < -0.3 is 14.7 Å². The molecule has 0 radical (unpaired) electrons. The van der Waals surface area contributed by atoms with Crippen LogP contribution in [-0.4, -0.2) is 37.1 Å². The first-order valence-electron chi connectivity index (χ1n) is 6.31. The summed E-state index contributed by atoms with van der Waals surface area (Å²) in [6.07, 6.45) is 0.660. The quantitative estimate of drug-likeness (QED) is 0.822. The van der Waals surface area contributed by atoms with Crippen LogP contribution >= 0.6 is 0 Å². The summed E-state index contributed by atoms with van der Waals surface area (Å²) in [5.74, 6) is -0.106. The molecule has 0 amide bonds. The number of anilines is 1. The van der Waals surface area contributed by atoms with Gasteiger partial charge in [0.2, 0.25) is 0 Å². The molecule has 102 valence electrons. The predicted octanol–water partition coefficient (Wildman–Crippen LogP) is 1.95. The van der Waals surface area contributed by atoms with Gasteiger partial charge in [-0.1, -0.05) is 0 Å². The molecule has 0 saturated carbocycles. The first-order chi connectivity index (χ1) is 9.08. The second kappa shape index (κ2) is 5.73. The molecule has 0 spiro atoms. The van der Waals surface area contributed by atoms with E-state index < -0.39 is 5.97 Å². The lowest BCUT2D eigenvalue weighted by atomic mass is 10.0. The Hall–Kier alpha value is -2.04. The van der Waals surface area contributed by atoms with Gasteiger partial charge in [0.05, 0.1) is 12.2 Å². The smallest absolute Gasteiger partial charge is 0.303 e. The van der Waals surface area contributed by atoms with Gasteiger partial charge >= 0.3 is 5.97 Å². The van der Waals surface area contributed by atoms with Gasteiger partial charge in [-0.25, -0.2) is 0 Å². The molecular weight excluding hydrogens is 246 g/mol. The highest BCUT2D eigenvalue weighted by atomic mass is 16.5. The number of benzene rings is 1. The molecule has 1 aliphatic heterocycles. The van der Waals surface area contributed by atoms with E-state index in [0.29, 0.717) is 18.6 Å². The van der Waals surface area contributed by atoms with Crippen LogP contribution in [0.4, 0.5) is 5.69 Å². The molecule has 19 heavy (non-hydrogen) atoms. The van der Waals surface area contributed by atoms with E-state index in [1.54, 1.807) is 12.1 Å². The number of ether oxygens (including phenoxy) is 1. The minimum Gasteiger partial charge on any atom is -0.490 e. The van der Waals surface area contributed by atoms with Crippen molar-refractivity contribution in [3.8, 4) is 5.75 Å². The van der Waals surface area contributed by atoms with Crippen LogP contribution < -0.4 is 9.64 Å². The highest BCUT2D eigenvalue weighted by Crippen LogP contribution is 2.31. The summed E-state index contributed by atoms with van der Waals surface area (Å²) in [6, 6.07) is 5.36. The van der Waals surface area contributed by atoms with Crippen molar-refractivity contribution in [2.45, 2.75) is 19.3 Å². The Morgan fingerprint density at radius 3 is 2.89 bits per heavy atom. The van der Waals surface area contributed by atoms with Crippen LogP contribution in [0, 0.1) is 0 Å². The molecule has 2 rings (SSSR count). The van der Waals surface area contributed by atoms with Crippen LogP contribution in [0.1, 0.15) is 29.6 Å². The van der Waals surface area contributed by atoms with Gasteiger partial charge in [-0.2, -0.15) is 0 Å². The van der Waals surface area contributed by atoms with E-state index in [0.717, 1.165) is 18.0 Å². The Kier molecular flexibility index (Phi) is 4.04. The van der Waals surface area contributed by atoms with Gasteiger partial charge in [0.25, 0.3) is 0 Å². The number of Topliss-reactive ketones (excluding diaryl/α,β-unsaturated/α-hetero) is 1. The third-order valence-electron chi connectivity index (χ3n) is 3.17. The molecule has 0 bridgehead atoms. The number of fused-ring (bicyclic) bond motifs is 1. The first-order valence-corrected chi connectivity index (χ1v) is 6.31. The summed E-state index contributed by atoms with van der Waals surface area (Å²) in [7, 11) is 1.96. The SMILES string of the molecule is CN1CCOc2ccc(C(=O)CCCC(=O)O)cc21. The van der Waals surface area contributed by atoms with E-state index in [2.05, 4.69) is 0 Å². The zero-order chi connectivity index (χ0) is 13.8. The van der Waals surface area contributed by atoms with Crippen molar-refractivity contribution in [3.05, 3.63) is 23.8 Å². The summed E-state index contributed by atoms with van der Waals surface area (Å²) in [4.78, 5) is 24.4. The van der Waals surface area contributed by atoms with Gasteiger partial charge in [0.1, 0.15) is 12.4 Å². The van der Waals surface area contributed by atoms with E-state index in [4.69, 9.17) is 9.84 Å². The maximum Gasteiger partial charge on any atom is 0.303 e. The Balaban J connectivity index is 2.06. The summed E-state index contributed by atoms with van der Waals surface area (Å²) in [6.45, 7) is 1.44. The number of ketones is 1. The number of likely N-dealkylation sites (N-methyl/N-ethyl adjacent to an activating group) is 1. The number of carbonyl (C=O) groups excluding carboxylic acids is 1. The maximum absolute atomic E-state index is 12.0. The van der Waals surface area contributed by atoms with Crippen molar-refractivity contribution in [1.29, 1.82) is 0 Å². The molecule has 1 aromatic rings. The van der Waals surface area contributed by atoms with E-state index in [1.165, 1.54) is 0 Å². The molecule has 1 aromatic carbocycles. The fourth-order valence-corrected chi connectivity index (χ4v) is 2.07. The second-order valence-corrected chi connectivity index (χ2v) is 4.62. The monoisotopic (exact) mass is 263 g/mol. The van der Waals surface area contributed by atoms with Gasteiger partial charge in [0.15, 0.2) is 5.78 Å². The number of hydrogen-bond donors (Lipinski definition) is 1. The van der Waals surface area contributed by atoms with Crippen LogP contribution in [0.15, 0.2) is 18.2 Å². The highest BCUT2D eigenvalue weighted by Gasteiger charge is 2.17. The topological polar surface area (TPSA) is 66.8 Å². The molecule has 1 N–H and O–H groups in total. The van der Waals surface area contributed by atoms with E-state index in [1.807, 2.05) is 18.0 Å². The highest BCUT2D eigenvalue weighted by molar-refractivity contribution is 5.97. The Morgan fingerprint density at radius 1 is 1.37 bits per heavy atom. The van der Waals surface area contributed by atoms with E-state index >= 15 is 0 Å².